The monoisotopic (exact) mass is 346 g/mol. The van der Waals surface area contributed by atoms with Crippen LogP contribution in [0.15, 0.2) is 47.7 Å². The number of nitrogens with zero attached hydrogens (tertiary/aromatic N) is 5. The Kier molecular flexibility index (Phi) is 4.74. The van der Waals surface area contributed by atoms with Gasteiger partial charge in [-0.1, -0.05) is 17.2 Å². The summed E-state index contributed by atoms with van der Waals surface area (Å²) in [6.07, 6.45) is 1.49. The summed E-state index contributed by atoms with van der Waals surface area (Å²) < 4.78 is 10.7. The number of nitrogens with one attached hydrogen (secondary N) is 1. The van der Waals surface area contributed by atoms with Gasteiger partial charge in [-0.05, 0) is 23.7 Å². The zero-order chi connectivity index (χ0) is 18.5. The zero-order valence-electron chi connectivity index (χ0n) is 14.1. The van der Waals surface area contributed by atoms with Crippen LogP contribution in [-0.2, 0) is 0 Å². The Bertz CT molecular complexity index is 1070. The van der Waals surface area contributed by atoms with E-state index >= 15 is 0 Å². The van der Waals surface area contributed by atoms with Gasteiger partial charge >= 0.3 is 0 Å². The van der Waals surface area contributed by atoms with Crippen molar-refractivity contribution in [1.82, 2.24) is 4.98 Å². The summed E-state index contributed by atoms with van der Waals surface area (Å²) in [5, 5.41) is 17.0. The van der Waals surface area contributed by atoms with Crippen molar-refractivity contribution in [3.63, 3.8) is 0 Å². The molecular weight excluding hydrogens is 332 g/mol. The lowest BCUT2D eigenvalue weighted by atomic mass is 10.1. The normalized spacial score (nSPS) is 9.88. The largest absolute Gasteiger partial charge is 0.493 e. The van der Waals surface area contributed by atoms with E-state index < -0.39 is 0 Å². The standard InChI is InChI=1S/C18H14N6O2/c1-25-16-7-14-15(8-17(16)26-2)21-10-11(9-19)18(14)22-12-4-3-5-13(6-12)23-24-20/h3-8,10H,1-2H3,(H,21,22). The highest BCUT2D eigenvalue weighted by atomic mass is 16.5. The first kappa shape index (κ1) is 16.9. The number of pyridine rings is 1. The molecule has 0 fully saturated rings. The highest BCUT2D eigenvalue weighted by Crippen LogP contribution is 2.37. The smallest absolute Gasteiger partial charge is 0.162 e. The minimum Gasteiger partial charge on any atom is -0.493 e. The number of anilines is 2. The molecule has 1 heterocycles. The van der Waals surface area contributed by atoms with Crippen molar-refractivity contribution in [3.8, 4) is 17.6 Å². The van der Waals surface area contributed by atoms with Crippen LogP contribution in [0.4, 0.5) is 17.1 Å². The molecule has 0 radical (unpaired) electrons. The van der Waals surface area contributed by atoms with Crippen LogP contribution in [0.3, 0.4) is 0 Å². The molecule has 26 heavy (non-hydrogen) atoms. The average molecular weight is 346 g/mol. The Labute approximate surface area is 149 Å². The number of nitriles is 1. The summed E-state index contributed by atoms with van der Waals surface area (Å²) in [4.78, 5) is 7.10. The number of benzene rings is 2. The summed E-state index contributed by atoms with van der Waals surface area (Å²) in [5.74, 6) is 1.08. The maximum absolute atomic E-state index is 9.47. The molecule has 0 aliphatic heterocycles. The second-order valence-corrected chi connectivity index (χ2v) is 5.25. The molecule has 0 saturated heterocycles. The van der Waals surface area contributed by atoms with Gasteiger partial charge in [0, 0.05) is 33.9 Å². The van der Waals surface area contributed by atoms with Crippen LogP contribution in [-0.4, -0.2) is 19.2 Å². The Hall–Kier alpha value is -3.95. The minimum atomic E-state index is 0.374. The fourth-order valence-electron chi connectivity index (χ4n) is 2.58. The Morgan fingerprint density at radius 3 is 2.65 bits per heavy atom. The number of fused-ring (bicyclic) bond motifs is 1. The Balaban J connectivity index is 2.18. The molecule has 0 unspecified atom stereocenters. The third-order valence-electron chi connectivity index (χ3n) is 3.77. The van der Waals surface area contributed by atoms with Gasteiger partial charge in [-0.25, -0.2) is 0 Å². The summed E-state index contributed by atoms with van der Waals surface area (Å²) in [6.45, 7) is 0. The SMILES string of the molecule is COc1cc2ncc(C#N)c(Nc3cccc(N=[N+]=[N-])c3)c2cc1OC. The summed E-state index contributed by atoms with van der Waals surface area (Å²) >= 11 is 0. The van der Waals surface area contributed by atoms with Gasteiger partial charge in [0.25, 0.3) is 0 Å². The lowest BCUT2D eigenvalue weighted by molar-refractivity contribution is 0.356. The quantitative estimate of drug-likeness (QED) is 0.404. The average Bonchev–Trinajstić information content (AvgIpc) is 2.67. The van der Waals surface area contributed by atoms with E-state index in [4.69, 9.17) is 15.0 Å². The minimum absolute atomic E-state index is 0.374. The van der Waals surface area contributed by atoms with Crippen LogP contribution < -0.4 is 14.8 Å². The highest BCUT2D eigenvalue weighted by molar-refractivity contribution is 5.97. The second-order valence-electron chi connectivity index (χ2n) is 5.25. The van der Waals surface area contributed by atoms with Gasteiger partial charge in [-0.15, -0.1) is 0 Å². The number of rotatable bonds is 5. The second kappa shape index (κ2) is 7.30. The van der Waals surface area contributed by atoms with Gasteiger partial charge in [0.2, 0.25) is 0 Å². The molecule has 0 spiro atoms. The van der Waals surface area contributed by atoms with Crippen molar-refractivity contribution < 1.29 is 9.47 Å². The molecule has 0 aliphatic carbocycles. The van der Waals surface area contributed by atoms with Crippen LogP contribution in [0.1, 0.15) is 5.56 Å². The van der Waals surface area contributed by atoms with Crippen molar-refractivity contribution in [2.75, 3.05) is 19.5 Å². The van der Waals surface area contributed by atoms with Crippen LogP contribution in [0.25, 0.3) is 21.3 Å². The third kappa shape index (κ3) is 3.15. The highest BCUT2D eigenvalue weighted by Gasteiger charge is 2.14. The molecule has 0 amide bonds. The zero-order valence-corrected chi connectivity index (χ0v) is 14.1. The van der Waals surface area contributed by atoms with Crippen molar-refractivity contribution in [2.24, 2.45) is 5.11 Å². The first-order valence-corrected chi connectivity index (χ1v) is 7.57. The van der Waals surface area contributed by atoms with Crippen LogP contribution >= 0.6 is 0 Å². The molecule has 0 bridgehead atoms. The molecule has 0 saturated carbocycles. The van der Waals surface area contributed by atoms with E-state index in [-0.39, 0.29) is 0 Å². The number of hydrogen-bond acceptors (Lipinski definition) is 6. The maximum Gasteiger partial charge on any atom is 0.162 e. The molecule has 8 heteroatoms. The van der Waals surface area contributed by atoms with E-state index in [1.54, 1.807) is 44.6 Å². The molecule has 8 nitrogen and oxygen atoms in total. The third-order valence-corrected chi connectivity index (χ3v) is 3.77. The molecule has 128 valence electrons. The van der Waals surface area contributed by atoms with Gasteiger partial charge in [0.1, 0.15) is 6.07 Å². The van der Waals surface area contributed by atoms with Gasteiger partial charge in [0.05, 0.1) is 31.0 Å². The molecule has 0 atom stereocenters. The van der Waals surface area contributed by atoms with E-state index in [0.29, 0.717) is 45.0 Å². The predicted molar refractivity (Wildman–Crippen MR) is 98.1 cm³/mol. The molecule has 3 aromatic rings. The van der Waals surface area contributed by atoms with Gasteiger partial charge < -0.3 is 14.8 Å². The molecular formula is C18H14N6O2. The number of ether oxygens (including phenoxy) is 2. The van der Waals surface area contributed by atoms with Crippen molar-refractivity contribution >= 4 is 28.0 Å². The number of methoxy groups -OCH3 is 2. The predicted octanol–water partition coefficient (Wildman–Crippen LogP) is 4.81. The first-order valence-electron chi connectivity index (χ1n) is 7.57. The lowest BCUT2D eigenvalue weighted by Crippen LogP contribution is -1.98. The number of hydrogen-bond donors (Lipinski definition) is 1. The van der Waals surface area contributed by atoms with Crippen molar-refractivity contribution in [1.29, 1.82) is 5.26 Å². The number of azide groups is 1. The van der Waals surface area contributed by atoms with Crippen molar-refractivity contribution in [2.45, 2.75) is 0 Å². The summed E-state index contributed by atoms with van der Waals surface area (Å²) in [6, 6.07) is 12.6. The first-order chi connectivity index (χ1) is 12.7. The van der Waals surface area contributed by atoms with Crippen molar-refractivity contribution in [3.05, 3.63) is 58.6 Å². The molecule has 0 aliphatic rings. The maximum atomic E-state index is 9.47. The van der Waals surface area contributed by atoms with Gasteiger partial charge in [-0.2, -0.15) is 5.26 Å². The van der Waals surface area contributed by atoms with Gasteiger partial charge in [-0.3, -0.25) is 4.98 Å². The molecule has 1 N–H and O–H groups in total. The summed E-state index contributed by atoms with van der Waals surface area (Å²) in [7, 11) is 3.09. The van der Waals surface area contributed by atoms with E-state index in [1.165, 1.54) is 6.20 Å². The van der Waals surface area contributed by atoms with E-state index in [9.17, 15) is 5.26 Å². The van der Waals surface area contributed by atoms with Crippen LogP contribution in [0.2, 0.25) is 0 Å². The lowest BCUT2D eigenvalue weighted by Gasteiger charge is -2.14. The fraction of sp³-hybridized carbons (Fsp3) is 0.111. The van der Waals surface area contributed by atoms with Gasteiger partial charge in [0.15, 0.2) is 11.5 Å². The Morgan fingerprint density at radius 1 is 1.19 bits per heavy atom. The number of aromatic nitrogens is 1. The van der Waals surface area contributed by atoms with Crippen LogP contribution in [0, 0.1) is 11.3 Å². The van der Waals surface area contributed by atoms with E-state index in [0.717, 1.165) is 0 Å². The topological polar surface area (TPSA) is 116 Å². The van der Waals surface area contributed by atoms with E-state index in [2.05, 4.69) is 26.4 Å². The Morgan fingerprint density at radius 2 is 1.96 bits per heavy atom. The van der Waals surface area contributed by atoms with Crippen LogP contribution in [0.5, 0.6) is 11.5 Å². The fourth-order valence-corrected chi connectivity index (χ4v) is 2.58. The molecule has 1 aromatic heterocycles. The van der Waals surface area contributed by atoms with E-state index in [1.807, 2.05) is 6.07 Å². The summed E-state index contributed by atoms with van der Waals surface area (Å²) in [5.41, 5.74) is 11.3. The molecule has 2 aromatic carbocycles. The molecule has 3 rings (SSSR count).